The Morgan fingerprint density at radius 1 is 1.06 bits per heavy atom. The molecule has 0 N–H and O–H groups in total. The van der Waals surface area contributed by atoms with E-state index in [0.29, 0.717) is 24.7 Å². The van der Waals surface area contributed by atoms with Gasteiger partial charge in [0.15, 0.2) is 0 Å². The third-order valence-corrected chi connectivity index (χ3v) is 6.06. The van der Waals surface area contributed by atoms with Gasteiger partial charge in [-0.2, -0.15) is 4.98 Å². The molecule has 3 heterocycles. The molecule has 0 bridgehead atoms. The van der Waals surface area contributed by atoms with Crippen LogP contribution in [0.4, 0.5) is 0 Å². The lowest BCUT2D eigenvalue weighted by molar-refractivity contribution is -0.132. The number of carbonyl (C=O) groups is 1. The number of hydrogen-bond donors (Lipinski definition) is 0. The molecule has 0 atom stereocenters. The van der Waals surface area contributed by atoms with Gasteiger partial charge in [-0.1, -0.05) is 28.1 Å². The SMILES string of the molecule is Cc1ccc(-c2nc(-c3ccc4c(c3)nnn4CCC(=O)N3CCCCC3)no2)c(C)c1. The van der Waals surface area contributed by atoms with Crippen molar-refractivity contribution in [1.29, 1.82) is 0 Å². The molecule has 8 heteroatoms. The lowest BCUT2D eigenvalue weighted by Gasteiger charge is -2.26. The summed E-state index contributed by atoms with van der Waals surface area (Å²) < 4.78 is 7.31. The molecule has 0 spiro atoms. The molecule has 0 saturated carbocycles. The number of aryl methyl sites for hydroxylation is 3. The van der Waals surface area contributed by atoms with Crippen molar-refractivity contribution in [3.8, 4) is 22.8 Å². The molecular formula is C24H26N6O2. The van der Waals surface area contributed by atoms with E-state index in [1.54, 1.807) is 4.68 Å². The first-order valence-corrected chi connectivity index (χ1v) is 11.1. The highest BCUT2D eigenvalue weighted by Crippen LogP contribution is 2.27. The number of amides is 1. The van der Waals surface area contributed by atoms with Gasteiger partial charge in [0, 0.05) is 30.6 Å². The quantitative estimate of drug-likeness (QED) is 0.472. The highest BCUT2D eigenvalue weighted by molar-refractivity contribution is 5.80. The molecule has 1 saturated heterocycles. The number of hydrogen-bond acceptors (Lipinski definition) is 6. The maximum atomic E-state index is 12.5. The van der Waals surface area contributed by atoms with Crippen LogP contribution < -0.4 is 0 Å². The fourth-order valence-electron chi connectivity index (χ4n) is 4.28. The van der Waals surface area contributed by atoms with E-state index < -0.39 is 0 Å². The average molecular weight is 431 g/mol. The Morgan fingerprint density at radius 2 is 1.91 bits per heavy atom. The molecule has 8 nitrogen and oxygen atoms in total. The van der Waals surface area contributed by atoms with E-state index in [4.69, 9.17) is 4.52 Å². The Bertz CT molecular complexity index is 1270. The Hall–Kier alpha value is -3.55. The summed E-state index contributed by atoms with van der Waals surface area (Å²) in [6, 6.07) is 11.9. The first-order valence-electron chi connectivity index (χ1n) is 11.1. The molecule has 32 heavy (non-hydrogen) atoms. The van der Waals surface area contributed by atoms with Crippen molar-refractivity contribution in [2.75, 3.05) is 13.1 Å². The third-order valence-electron chi connectivity index (χ3n) is 6.06. The molecule has 1 aliphatic rings. The maximum absolute atomic E-state index is 12.5. The van der Waals surface area contributed by atoms with Crippen LogP contribution in [0.1, 0.15) is 36.8 Å². The van der Waals surface area contributed by atoms with Crippen LogP contribution in [0.15, 0.2) is 40.9 Å². The first kappa shape index (κ1) is 20.4. The van der Waals surface area contributed by atoms with Crippen LogP contribution in [-0.4, -0.2) is 49.0 Å². The van der Waals surface area contributed by atoms with Crippen LogP contribution in [0.25, 0.3) is 33.9 Å². The molecule has 4 aromatic rings. The minimum Gasteiger partial charge on any atom is -0.343 e. The molecule has 1 aliphatic heterocycles. The first-order chi connectivity index (χ1) is 15.6. The number of likely N-dealkylation sites (tertiary alicyclic amines) is 1. The Kier molecular flexibility index (Phi) is 5.43. The van der Waals surface area contributed by atoms with Gasteiger partial charge in [-0.25, -0.2) is 4.68 Å². The summed E-state index contributed by atoms with van der Waals surface area (Å²) in [5, 5.41) is 12.7. The Labute approximate surface area is 186 Å². The second kappa shape index (κ2) is 8.53. The monoisotopic (exact) mass is 430 g/mol. The number of piperidine rings is 1. The number of nitrogens with zero attached hydrogens (tertiary/aromatic N) is 6. The van der Waals surface area contributed by atoms with E-state index in [2.05, 4.69) is 33.4 Å². The van der Waals surface area contributed by atoms with Gasteiger partial charge in [0.05, 0.1) is 12.1 Å². The molecule has 5 rings (SSSR count). The van der Waals surface area contributed by atoms with E-state index in [0.717, 1.165) is 53.7 Å². The van der Waals surface area contributed by atoms with Gasteiger partial charge >= 0.3 is 0 Å². The predicted molar refractivity (Wildman–Crippen MR) is 121 cm³/mol. The van der Waals surface area contributed by atoms with Crippen molar-refractivity contribution in [2.24, 2.45) is 0 Å². The largest absolute Gasteiger partial charge is 0.343 e. The fourth-order valence-corrected chi connectivity index (χ4v) is 4.28. The third kappa shape index (κ3) is 4.00. The van der Waals surface area contributed by atoms with Gasteiger partial charge in [-0.3, -0.25) is 4.79 Å². The lowest BCUT2D eigenvalue weighted by Crippen LogP contribution is -2.36. The Balaban J connectivity index is 1.33. The van der Waals surface area contributed by atoms with Crippen LogP contribution in [0.3, 0.4) is 0 Å². The summed E-state index contributed by atoms with van der Waals surface area (Å²) in [4.78, 5) is 19.0. The predicted octanol–water partition coefficient (Wildman–Crippen LogP) is 4.17. The zero-order chi connectivity index (χ0) is 22.1. The summed E-state index contributed by atoms with van der Waals surface area (Å²) >= 11 is 0. The summed E-state index contributed by atoms with van der Waals surface area (Å²) in [6.07, 6.45) is 3.85. The van der Waals surface area contributed by atoms with Crippen molar-refractivity contribution in [3.05, 3.63) is 47.5 Å². The molecule has 164 valence electrons. The van der Waals surface area contributed by atoms with E-state index in [-0.39, 0.29) is 5.91 Å². The van der Waals surface area contributed by atoms with Crippen molar-refractivity contribution < 1.29 is 9.32 Å². The summed E-state index contributed by atoms with van der Waals surface area (Å²) in [5.74, 6) is 1.20. The molecule has 0 unspecified atom stereocenters. The zero-order valence-electron chi connectivity index (χ0n) is 18.4. The lowest BCUT2D eigenvalue weighted by atomic mass is 10.1. The highest BCUT2D eigenvalue weighted by atomic mass is 16.5. The zero-order valence-corrected chi connectivity index (χ0v) is 18.4. The number of rotatable bonds is 5. The van der Waals surface area contributed by atoms with E-state index in [1.807, 2.05) is 42.2 Å². The van der Waals surface area contributed by atoms with E-state index in [1.165, 1.54) is 12.0 Å². The van der Waals surface area contributed by atoms with Crippen LogP contribution in [-0.2, 0) is 11.3 Å². The topological polar surface area (TPSA) is 89.9 Å². The van der Waals surface area contributed by atoms with Crippen molar-refractivity contribution in [3.63, 3.8) is 0 Å². The van der Waals surface area contributed by atoms with Gasteiger partial charge in [0.2, 0.25) is 11.7 Å². The molecule has 0 aliphatic carbocycles. The smallest absolute Gasteiger partial charge is 0.258 e. The molecule has 1 amide bonds. The summed E-state index contributed by atoms with van der Waals surface area (Å²) in [5.41, 5.74) is 5.66. The second-order valence-electron chi connectivity index (χ2n) is 8.45. The van der Waals surface area contributed by atoms with Crippen LogP contribution in [0.2, 0.25) is 0 Å². The Morgan fingerprint density at radius 3 is 2.72 bits per heavy atom. The molecule has 2 aromatic carbocycles. The fraction of sp³-hybridized carbons (Fsp3) is 0.375. The number of carbonyl (C=O) groups excluding carboxylic acids is 1. The van der Waals surface area contributed by atoms with Crippen LogP contribution >= 0.6 is 0 Å². The van der Waals surface area contributed by atoms with E-state index >= 15 is 0 Å². The van der Waals surface area contributed by atoms with Crippen molar-refractivity contribution in [2.45, 2.75) is 46.1 Å². The maximum Gasteiger partial charge on any atom is 0.258 e. The van der Waals surface area contributed by atoms with Gasteiger partial charge < -0.3 is 9.42 Å². The minimum absolute atomic E-state index is 0.190. The highest BCUT2D eigenvalue weighted by Gasteiger charge is 2.18. The van der Waals surface area contributed by atoms with Gasteiger partial charge in [-0.15, -0.1) is 5.10 Å². The van der Waals surface area contributed by atoms with Gasteiger partial charge in [-0.05, 0) is 62.9 Å². The number of aromatic nitrogens is 5. The normalized spacial score (nSPS) is 14.2. The molecule has 2 aromatic heterocycles. The molecule has 0 radical (unpaired) electrons. The molecule has 1 fully saturated rings. The standard InChI is InChI=1S/C24H26N6O2/c1-16-6-8-19(17(2)14-16)24-25-23(27-32-24)18-7-9-21-20(15-18)26-28-30(21)13-10-22(31)29-11-4-3-5-12-29/h6-9,14-15H,3-5,10-13H2,1-2H3. The van der Waals surface area contributed by atoms with Crippen LogP contribution in [0.5, 0.6) is 0 Å². The van der Waals surface area contributed by atoms with Crippen molar-refractivity contribution in [1.82, 2.24) is 30.0 Å². The van der Waals surface area contributed by atoms with Crippen molar-refractivity contribution >= 4 is 16.9 Å². The summed E-state index contributed by atoms with van der Waals surface area (Å²) in [7, 11) is 0. The van der Waals surface area contributed by atoms with Gasteiger partial charge in [0.1, 0.15) is 5.52 Å². The number of fused-ring (bicyclic) bond motifs is 1. The minimum atomic E-state index is 0.190. The van der Waals surface area contributed by atoms with E-state index in [9.17, 15) is 4.79 Å². The van der Waals surface area contributed by atoms with Crippen LogP contribution in [0, 0.1) is 13.8 Å². The average Bonchev–Trinajstić information content (AvgIpc) is 3.45. The molecular weight excluding hydrogens is 404 g/mol. The second-order valence-corrected chi connectivity index (χ2v) is 8.45. The van der Waals surface area contributed by atoms with Gasteiger partial charge in [0.25, 0.3) is 5.89 Å². The number of benzene rings is 2. The summed E-state index contributed by atoms with van der Waals surface area (Å²) in [6.45, 7) is 6.35.